The number of rotatable bonds is 7. The summed E-state index contributed by atoms with van der Waals surface area (Å²) in [5.41, 5.74) is 1.36. The average Bonchev–Trinajstić information content (AvgIpc) is 2.66. The number of carbonyl (C=O) groups excluding carboxylic acids is 3. The van der Waals surface area contributed by atoms with Gasteiger partial charge in [0.2, 0.25) is 0 Å². The number of benzene rings is 2. The molecule has 0 saturated carbocycles. The number of aldehydes is 1. The van der Waals surface area contributed by atoms with E-state index in [1.807, 2.05) is 0 Å². The van der Waals surface area contributed by atoms with Gasteiger partial charge in [-0.05, 0) is 42.5 Å². The topological polar surface area (TPSA) is 84.9 Å². The van der Waals surface area contributed by atoms with Crippen molar-refractivity contribution in [3.05, 3.63) is 53.6 Å². The van der Waals surface area contributed by atoms with E-state index >= 15 is 0 Å². The Morgan fingerprint density at radius 2 is 1.81 bits per heavy atom. The molecule has 0 spiro atoms. The molecule has 0 atom stereocenters. The third-order valence-corrected chi connectivity index (χ3v) is 3.52. The van der Waals surface area contributed by atoms with Gasteiger partial charge in [-0.3, -0.25) is 14.4 Å². The summed E-state index contributed by atoms with van der Waals surface area (Å²) in [5, 5.41) is 2.67. The second kappa shape index (κ2) is 8.66. The molecule has 2 aromatic carbocycles. The maximum Gasteiger partial charge on any atom is 0.262 e. The predicted molar refractivity (Wildman–Crippen MR) is 97.0 cm³/mol. The number of nitrogens with one attached hydrogen (secondary N) is 1. The summed E-state index contributed by atoms with van der Waals surface area (Å²) in [4.78, 5) is 36.4. The van der Waals surface area contributed by atoms with E-state index in [-0.39, 0.29) is 18.4 Å². The zero-order valence-corrected chi connectivity index (χ0v) is 14.8. The van der Waals surface area contributed by atoms with Gasteiger partial charge >= 0.3 is 0 Å². The van der Waals surface area contributed by atoms with Gasteiger partial charge in [0.1, 0.15) is 11.5 Å². The van der Waals surface area contributed by atoms with Gasteiger partial charge < -0.3 is 19.7 Å². The second-order valence-corrected chi connectivity index (χ2v) is 5.64. The molecule has 2 aromatic rings. The first-order valence-electron chi connectivity index (χ1n) is 7.82. The number of anilines is 1. The van der Waals surface area contributed by atoms with Crippen molar-refractivity contribution < 1.29 is 23.9 Å². The van der Waals surface area contributed by atoms with Gasteiger partial charge in [0.25, 0.3) is 11.8 Å². The zero-order valence-electron chi connectivity index (χ0n) is 14.8. The van der Waals surface area contributed by atoms with Crippen LogP contribution in [0.15, 0.2) is 42.5 Å². The molecule has 7 nitrogen and oxygen atoms in total. The fourth-order valence-corrected chi connectivity index (χ4v) is 2.17. The monoisotopic (exact) mass is 356 g/mol. The Morgan fingerprint density at radius 1 is 1.12 bits per heavy atom. The minimum absolute atomic E-state index is 0.118. The molecule has 0 aliphatic heterocycles. The minimum Gasteiger partial charge on any atom is -0.497 e. The highest BCUT2D eigenvalue weighted by molar-refractivity contribution is 5.96. The fourth-order valence-electron chi connectivity index (χ4n) is 2.17. The van der Waals surface area contributed by atoms with E-state index in [2.05, 4.69) is 5.32 Å². The van der Waals surface area contributed by atoms with Crippen molar-refractivity contribution in [1.29, 1.82) is 0 Å². The summed E-state index contributed by atoms with van der Waals surface area (Å²) < 4.78 is 10.4. The molecule has 7 heteroatoms. The van der Waals surface area contributed by atoms with Crippen LogP contribution in [0.3, 0.4) is 0 Å². The van der Waals surface area contributed by atoms with Crippen molar-refractivity contribution in [1.82, 2.24) is 4.90 Å². The number of nitrogens with zero attached hydrogens (tertiary/aromatic N) is 1. The van der Waals surface area contributed by atoms with E-state index < -0.39 is 0 Å². The fraction of sp³-hybridized carbons (Fsp3) is 0.211. The van der Waals surface area contributed by atoms with Crippen molar-refractivity contribution in [3.63, 3.8) is 0 Å². The van der Waals surface area contributed by atoms with Crippen LogP contribution in [-0.4, -0.2) is 50.8 Å². The van der Waals surface area contributed by atoms with Gasteiger partial charge in [0.15, 0.2) is 12.9 Å². The molecule has 0 fully saturated rings. The van der Waals surface area contributed by atoms with Crippen LogP contribution in [0, 0.1) is 0 Å². The second-order valence-electron chi connectivity index (χ2n) is 5.64. The maximum atomic E-state index is 12.0. The Balaban J connectivity index is 1.95. The van der Waals surface area contributed by atoms with Crippen molar-refractivity contribution in [2.24, 2.45) is 0 Å². The maximum absolute atomic E-state index is 12.0. The van der Waals surface area contributed by atoms with Gasteiger partial charge in [0.05, 0.1) is 12.7 Å². The Kier molecular flexibility index (Phi) is 6.32. The zero-order chi connectivity index (χ0) is 19.1. The van der Waals surface area contributed by atoms with Crippen LogP contribution in [0.25, 0.3) is 0 Å². The quantitative estimate of drug-likeness (QED) is 0.769. The lowest BCUT2D eigenvalue weighted by molar-refractivity contribution is -0.118. The van der Waals surface area contributed by atoms with Crippen molar-refractivity contribution >= 4 is 23.8 Å². The summed E-state index contributed by atoms with van der Waals surface area (Å²) in [6, 6.07) is 11.3. The summed E-state index contributed by atoms with van der Waals surface area (Å²) in [6.45, 7) is -0.258. The largest absolute Gasteiger partial charge is 0.497 e. The molecule has 2 amide bonds. The van der Waals surface area contributed by atoms with Gasteiger partial charge in [-0.15, -0.1) is 0 Å². The number of methoxy groups -OCH3 is 1. The van der Waals surface area contributed by atoms with E-state index in [1.54, 1.807) is 50.5 Å². The molecule has 1 N–H and O–H groups in total. The Bertz CT molecular complexity index is 800. The van der Waals surface area contributed by atoms with Crippen molar-refractivity contribution in [3.8, 4) is 11.5 Å². The van der Waals surface area contributed by atoms with Crippen molar-refractivity contribution in [2.45, 2.75) is 0 Å². The predicted octanol–water partition coefficient (Wildman–Crippen LogP) is 2.23. The standard InChI is InChI=1S/C19H20N2O5/c1-21(2)19(24)13-4-6-15(7-5-13)20-18(23)12-26-17-9-8-16(25-3)10-14(17)11-22/h4-11H,12H2,1-3H3,(H,20,23). The first kappa shape index (κ1) is 19.0. The van der Waals surface area contributed by atoms with Crippen LogP contribution in [0.1, 0.15) is 20.7 Å². The number of amides is 2. The molecular formula is C19H20N2O5. The highest BCUT2D eigenvalue weighted by Crippen LogP contribution is 2.22. The molecule has 0 heterocycles. The Hall–Kier alpha value is -3.35. The van der Waals surface area contributed by atoms with Gasteiger partial charge in [-0.2, -0.15) is 0 Å². The Morgan fingerprint density at radius 3 is 2.38 bits per heavy atom. The van der Waals surface area contributed by atoms with Crippen LogP contribution >= 0.6 is 0 Å². The molecule has 136 valence electrons. The van der Waals surface area contributed by atoms with Crippen LogP contribution in [-0.2, 0) is 4.79 Å². The van der Waals surface area contributed by atoms with E-state index in [4.69, 9.17) is 9.47 Å². The smallest absolute Gasteiger partial charge is 0.262 e. The summed E-state index contributed by atoms with van der Waals surface area (Å²) in [5.74, 6) is 0.315. The number of carbonyl (C=O) groups is 3. The molecule has 2 rings (SSSR count). The van der Waals surface area contributed by atoms with E-state index in [0.29, 0.717) is 34.6 Å². The molecule has 0 radical (unpaired) electrons. The molecule has 0 aromatic heterocycles. The third-order valence-electron chi connectivity index (χ3n) is 3.52. The van der Waals surface area contributed by atoms with Gasteiger partial charge in [-0.25, -0.2) is 0 Å². The summed E-state index contributed by atoms with van der Waals surface area (Å²) >= 11 is 0. The van der Waals surface area contributed by atoms with E-state index in [0.717, 1.165) is 0 Å². The SMILES string of the molecule is COc1ccc(OCC(=O)Nc2ccc(C(=O)N(C)C)cc2)c(C=O)c1. The lowest BCUT2D eigenvalue weighted by Crippen LogP contribution is -2.22. The van der Waals surface area contributed by atoms with Crippen LogP contribution in [0.4, 0.5) is 5.69 Å². The minimum atomic E-state index is -0.385. The molecule has 0 aliphatic rings. The Labute approximate surface area is 151 Å². The molecule has 0 bridgehead atoms. The molecule has 0 aliphatic carbocycles. The summed E-state index contributed by atoms with van der Waals surface area (Å²) in [7, 11) is 4.83. The molecular weight excluding hydrogens is 336 g/mol. The first-order chi connectivity index (χ1) is 12.4. The first-order valence-corrected chi connectivity index (χ1v) is 7.82. The van der Waals surface area contributed by atoms with E-state index in [9.17, 15) is 14.4 Å². The molecule has 0 unspecified atom stereocenters. The number of hydrogen-bond donors (Lipinski definition) is 1. The number of ether oxygens (including phenoxy) is 2. The van der Waals surface area contributed by atoms with Crippen LogP contribution < -0.4 is 14.8 Å². The van der Waals surface area contributed by atoms with Crippen molar-refractivity contribution in [2.75, 3.05) is 33.1 Å². The van der Waals surface area contributed by atoms with Crippen LogP contribution in [0.2, 0.25) is 0 Å². The summed E-state index contributed by atoms with van der Waals surface area (Å²) in [6.07, 6.45) is 0.635. The van der Waals surface area contributed by atoms with Gasteiger partial charge in [-0.1, -0.05) is 0 Å². The lowest BCUT2D eigenvalue weighted by Gasteiger charge is -2.12. The average molecular weight is 356 g/mol. The molecule has 26 heavy (non-hydrogen) atoms. The highest BCUT2D eigenvalue weighted by atomic mass is 16.5. The number of hydrogen-bond acceptors (Lipinski definition) is 5. The molecule has 0 saturated heterocycles. The van der Waals surface area contributed by atoms with Gasteiger partial charge in [0, 0.05) is 25.3 Å². The normalized spacial score (nSPS) is 9.96. The van der Waals surface area contributed by atoms with Crippen LogP contribution in [0.5, 0.6) is 11.5 Å². The highest BCUT2D eigenvalue weighted by Gasteiger charge is 2.10. The lowest BCUT2D eigenvalue weighted by atomic mass is 10.2. The third kappa shape index (κ3) is 4.83. The van der Waals surface area contributed by atoms with E-state index in [1.165, 1.54) is 18.1 Å².